The molecule has 0 spiro atoms. The lowest BCUT2D eigenvalue weighted by atomic mass is 10.2. The normalized spacial score (nSPS) is 10.6. The monoisotopic (exact) mass is 238 g/mol. The molecule has 4 heteroatoms. The third kappa shape index (κ3) is 3.89. The lowest BCUT2D eigenvalue weighted by molar-refractivity contribution is 0.287. The van der Waals surface area contributed by atoms with E-state index in [0.717, 1.165) is 24.5 Å². The molecule has 0 aromatic carbocycles. The molecule has 0 radical (unpaired) electrons. The first-order valence-electron chi connectivity index (χ1n) is 6.16. The van der Waals surface area contributed by atoms with Gasteiger partial charge in [0.1, 0.15) is 0 Å². The van der Waals surface area contributed by atoms with Gasteiger partial charge in [-0.05, 0) is 39.3 Å². The smallest absolute Gasteiger partial charge is 0.171 e. The maximum atomic E-state index is 8.94. The van der Waals surface area contributed by atoms with E-state index in [0.29, 0.717) is 12.6 Å². The van der Waals surface area contributed by atoms with Crippen LogP contribution in [0.1, 0.15) is 27.2 Å². The lowest BCUT2D eigenvalue weighted by Crippen LogP contribution is -2.33. The van der Waals surface area contributed by atoms with Gasteiger partial charge in [0.15, 0.2) is 11.6 Å². The molecule has 0 saturated carbocycles. The minimum atomic E-state index is 0.194. The fourth-order valence-electron chi connectivity index (χ4n) is 1.72. The summed E-state index contributed by atoms with van der Waals surface area (Å²) >= 11 is 0. The van der Waals surface area contributed by atoms with Gasteiger partial charge in [-0.25, -0.2) is 4.98 Å². The number of rotatable bonds is 7. The Bertz CT molecular complexity index is 329. The molecule has 1 rings (SSSR count). The molecular formula is C13H22N2O2. The van der Waals surface area contributed by atoms with Crippen molar-refractivity contribution in [3.8, 4) is 5.75 Å². The first-order valence-corrected chi connectivity index (χ1v) is 6.16. The summed E-state index contributed by atoms with van der Waals surface area (Å²) in [6, 6.07) is 4.13. The number of hydrogen-bond acceptors (Lipinski definition) is 4. The van der Waals surface area contributed by atoms with Crippen LogP contribution in [-0.2, 0) is 0 Å². The number of pyridine rings is 1. The summed E-state index contributed by atoms with van der Waals surface area (Å²) in [7, 11) is 0. The molecule has 1 N–H and O–H groups in total. The SMILES string of the molecule is CCOc1cccnc1N(CCCO)C(C)C. The number of nitrogens with zero attached hydrogens (tertiary/aromatic N) is 2. The Morgan fingerprint density at radius 1 is 1.47 bits per heavy atom. The average Bonchev–Trinajstić information content (AvgIpc) is 2.31. The van der Waals surface area contributed by atoms with Crippen molar-refractivity contribution in [1.29, 1.82) is 0 Å². The summed E-state index contributed by atoms with van der Waals surface area (Å²) in [5.74, 6) is 1.67. The van der Waals surface area contributed by atoms with E-state index >= 15 is 0 Å². The van der Waals surface area contributed by atoms with E-state index in [1.165, 1.54) is 0 Å². The van der Waals surface area contributed by atoms with Crippen LogP contribution in [0.5, 0.6) is 5.75 Å². The summed E-state index contributed by atoms with van der Waals surface area (Å²) in [5.41, 5.74) is 0. The summed E-state index contributed by atoms with van der Waals surface area (Å²) in [4.78, 5) is 6.55. The van der Waals surface area contributed by atoms with Crippen molar-refractivity contribution in [2.24, 2.45) is 0 Å². The van der Waals surface area contributed by atoms with Crippen LogP contribution in [0.2, 0.25) is 0 Å². The second-order valence-electron chi connectivity index (χ2n) is 4.12. The van der Waals surface area contributed by atoms with E-state index in [1.807, 2.05) is 19.1 Å². The highest BCUT2D eigenvalue weighted by Crippen LogP contribution is 2.26. The van der Waals surface area contributed by atoms with Gasteiger partial charge in [0.25, 0.3) is 0 Å². The maximum Gasteiger partial charge on any atom is 0.171 e. The van der Waals surface area contributed by atoms with Crippen molar-refractivity contribution in [3.05, 3.63) is 18.3 Å². The highest BCUT2D eigenvalue weighted by atomic mass is 16.5. The summed E-state index contributed by atoms with van der Waals surface area (Å²) in [6.45, 7) is 7.80. The highest BCUT2D eigenvalue weighted by Gasteiger charge is 2.15. The van der Waals surface area contributed by atoms with E-state index in [4.69, 9.17) is 9.84 Å². The molecule has 0 fully saturated rings. The zero-order chi connectivity index (χ0) is 12.7. The third-order valence-corrected chi connectivity index (χ3v) is 2.50. The van der Waals surface area contributed by atoms with Crippen LogP contribution in [0.15, 0.2) is 18.3 Å². The lowest BCUT2D eigenvalue weighted by Gasteiger charge is -2.29. The predicted molar refractivity (Wildman–Crippen MR) is 69.6 cm³/mol. The number of anilines is 1. The minimum Gasteiger partial charge on any atom is -0.490 e. The molecule has 1 aromatic heterocycles. The number of aliphatic hydroxyl groups excluding tert-OH is 1. The first-order chi connectivity index (χ1) is 8.20. The quantitative estimate of drug-likeness (QED) is 0.790. The van der Waals surface area contributed by atoms with Gasteiger partial charge < -0.3 is 14.7 Å². The van der Waals surface area contributed by atoms with Crippen molar-refractivity contribution in [2.45, 2.75) is 33.2 Å². The largest absolute Gasteiger partial charge is 0.490 e. The summed E-state index contributed by atoms with van der Waals surface area (Å²) in [5, 5.41) is 8.94. The van der Waals surface area contributed by atoms with E-state index in [-0.39, 0.29) is 6.61 Å². The molecule has 17 heavy (non-hydrogen) atoms. The average molecular weight is 238 g/mol. The fourth-order valence-corrected chi connectivity index (χ4v) is 1.72. The van der Waals surface area contributed by atoms with Gasteiger partial charge in [-0.3, -0.25) is 0 Å². The first kappa shape index (κ1) is 13.8. The van der Waals surface area contributed by atoms with Crippen molar-refractivity contribution in [1.82, 2.24) is 4.98 Å². The van der Waals surface area contributed by atoms with E-state index in [1.54, 1.807) is 6.20 Å². The fraction of sp³-hybridized carbons (Fsp3) is 0.615. The van der Waals surface area contributed by atoms with Crippen LogP contribution < -0.4 is 9.64 Å². The van der Waals surface area contributed by atoms with Crippen LogP contribution in [0.4, 0.5) is 5.82 Å². The third-order valence-electron chi connectivity index (χ3n) is 2.50. The molecule has 0 aliphatic rings. The van der Waals surface area contributed by atoms with Crippen LogP contribution in [-0.4, -0.2) is 35.9 Å². The Balaban J connectivity index is 2.91. The molecule has 0 unspecified atom stereocenters. The molecule has 0 atom stereocenters. The van der Waals surface area contributed by atoms with Crippen LogP contribution in [0, 0.1) is 0 Å². The van der Waals surface area contributed by atoms with Gasteiger partial charge in [-0.1, -0.05) is 0 Å². The van der Waals surface area contributed by atoms with Crippen molar-refractivity contribution in [2.75, 3.05) is 24.7 Å². The van der Waals surface area contributed by atoms with Gasteiger partial charge in [0.05, 0.1) is 6.61 Å². The number of aliphatic hydroxyl groups is 1. The van der Waals surface area contributed by atoms with Gasteiger partial charge >= 0.3 is 0 Å². The van der Waals surface area contributed by atoms with E-state index in [9.17, 15) is 0 Å². The molecule has 0 aliphatic carbocycles. The molecule has 0 bridgehead atoms. The predicted octanol–water partition coefficient (Wildman–Crippen LogP) is 2.08. The van der Waals surface area contributed by atoms with Gasteiger partial charge in [-0.15, -0.1) is 0 Å². The Hall–Kier alpha value is -1.29. The zero-order valence-corrected chi connectivity index (χ0v) is 10.9. The summed E-state index contributed by atoms with van der Waals surface area (Å²) < 4.78 is 5.58. The molecule has 0 aliphatic heterocycles. The van der Waals surface area contributed by atoms with Gasteiger partial charge in [0.2, 0.25) is 0 Å². The van der Waals surface area contributed by atoms with E-state index in [2.05, 4.69) is 23.7 Å². The highest BCUT2D eigenvalue weighted by molar-refractivity contribution is 5.52. The minimum absolute atomic E-state index is 0.194. The molecule has 0 saturated heterocycles. The molecule has 0 amide bonds. The van der Waals surface area contributed by atoms with Crippen LogP contribution >= 0.6 is 0 Å². The Morgan fingerprint density at radius 3 is 2.82 bits per heavy atom. The van der Waals surface area contributed by atoms with E-state index < -0.39 is 0 Å². The van der Waals surface area contributed by atoms with Crippen molar-refractivity contribution < 1.29 is 9.84 Å². The maximum absolute atomic E-state index is 8.94. The number of aromatic nitrogens is 1. The number of hydrogen-bond donors (Lipinski definition) is 1. The Kier molecular flexibility index (Phi) is 5.77. The topological polar surface area (TPSA) is 45.6 Å². The molecular weight excluding hydrogens is 216 g/mol. The van der Waals surface area contributed by atoms with Crippen LogP contribution in [0.3, 0.4) is 0 Å². The second-order valence-corrected chi connectivity index (χ2v) is 4.12. The Morgan fingerprint density at radius 2 is 2.24 bits per heavy atom. The molecule has 4 nitrogen and oxygen atoms in total. The van der Waals surface area contributed by atoms with Crippen molar-refractivity contribution >= 4 is 5.82 Å². The number of ether oxygens (including phenoxy) is 1. The standard InChI is InChI=1S/C13H22N2O2/c1-4-17-12-7-5-8-14-13(12)15(11(2)3)9-6-10-16/h5,7-8,11,16H,4,6,9-10H2,1-3H3. The molecule has 96 valence electrons. The molecule has 1 aromatic rings. The van der Waals surface area contributed by atoms with Crippen molar-refractivity contribution in [3.63, 3.8) is 0 Å². The zero-order valence-electron chi connectivity index (χ0n) is 10.9. The van der Waals surface area contributed by atoms with Crippen LogP contribution in [0.25, 0.3) is 0 Å². The summed E-state index contributed by atoms with van der Waals surface area (Å²) in [6.07, 6.45) is 2.51. The van der Waals surface area contributed by atoms with Gasteiger partial charge in [-0.2, -0.15) is 0 Å². The van der Waals surface area contributed by atoms with Gasteiger partial charge in [0, 0.05) is 25.4 Å². The second kappa shape index (κ2) is 7.12. The molecule has 1 heterocycles. The Labute approximate surface area is 103 Å².